The van der Waals surface area contributed by atoms with Gasteiger partial charge < -0.3 is 15.7 Å². The van der Waals surface area contributed by atoms with E-state index in [0.717, 1.165) is 5.69 Å². The Morgan fingerprint density at radius 2 is 2.16 bits per heavy atom. The molecule has 0 fully saturated rings. The van der Waals surface area contributed by atoms with Crippen LogP contribution in [0.1, 0.15) is 11.3 Å². The number of aryl methyl sites for hydroxylation is 1. The average molecular weight is 278 g/mol. The molecule has 0 aliphatic heterocycles. The number of rotatable bonds is 3. The Bertz CT molecular complexity index is 612. The summed E-state index contributed by atoms with van der Waals surface area (Å²) in [5.41, 5.74) is 6.89. The first-order valence-corrected chi connectivity index (χ1v) is 5.86. The predicted octanol–water partition coefficient (Wildman–Crippen LogP) is 2.93. The predicted molar refractivity (Wildman–Crippen MR) is 73.0 cm³/mol. The highest BCUT2D eigenvalue weighted by Gasteiger charge is 2.10. The molecule has 0 saturated heterocycles. The Morgan fingerprint density at radius 1 is 1.37 bits per heavy atom. The van der Waals surface area contributed by atoms with Crippen LogP contribution in [0.2, 0.25) is 5.02 Å². The Kier molecular flexibility index (Phi) is 3.87. The fourth-order valence-electron chi connectivity index (χ4n) is 1.49. The van der Waals surface area contributed by atoms with Crippen molar-refractivity contribution in [3.63, 3.8) is 0 Å². The monoisotopic (exact) mass is 277 g/mol. The number of ether oxygens (including phenoxy) is 1. The van der Waals surface area contributed by atoms with Crippen LogP contribution >= 0.6 is 11.6 Å². The Balaban J connectivity index is 2.37. The molecular formula is C13H12ClN3O2. The molecule has 5 nitrogen and oxygen atoms in total. The molecule has 0 spiro atoms. The molecule has 98 valence electrons. The summed E-state index contributed by atoms with van der Waals surface area (Å²) >= 11 is 5.88. The topological polar surface area (TPSA) is 80.7 Å². The number of nitrogens with two attached hydrogens (primary N) is 1. The van der Waals surface area contributed by atoms with E-state index in [1.54, 1.807) is 30.5 Å². The zero-order valence-electron chi connectivity index (χ0n) is 10.2. The molecule has 1 heterocycles. The van der Waals surface area contributed by atoms with E-state index in [4.69, 9.17) is 27.3 Å². The minimum atomic E-state index is -0.0717. The van der Waals surface area contributed by atoms with E-state index in [1.165, 1.54) is 0 Å². The zero-order valence-corrected chi connectivity index (χ0v) is 10.9. The van der Waals surface area contributed by atoms with Crippen molar-refractivity contribution in [1.29, 1.82) is 0 Å². The molecule has 1 aromatic carbocycles. The van der Waals surface area contributed by atoms with Gasteiger partial charge in [0.05, 0.1) is 11.8 Å². The minimum Gasteiger partial charge on any atom is -0.455 e. The van der Waals surface area contributed by atoms with Crippen molar-refractivity contribution < 1.29 is 9.94 Å². The normalized spacial score (nSPS) is 11.4. The van der Waals surface area contributed by atoms with Crippen molar-refractivity contribution in [3.8, 4) is 11.5 Å². The fourth-order valence-corrected chi connectivity index (χ4v) is 1.66. The molecule has 2 aromatic rings. The lowest BCUT2D eigenvalue weighted by molar-refractivity contribution is 0.318. The van der Waals surface area contributed by atoms with Crippen molar-refractivity contribution in [3.05, 3.63) is 52.8 Å². The third-order valence-electron chi connectivity index (χ3n) is 2.44. The molecule has 1 aromatic heterocycles. The molecule has 0 bridgehead atoms. The number of nitrogens with zero attached hydrogens (tertiary/aromatic N) is 2. The van der Waals surface area contributed by atoms with Gasteiger partial charge >= 0.3 is 0 Å². The highest BCUT2D eigenvalue weighted by molar-refractivity contribution is 6.31. The SMILES string of the molecule is Cc1ccc(Oc2ccc(Cl)cc2C(N)=NO)cn1. The van der Waals surface area contributed by atoms with Gasteiger partial charge in [-0.3, -0.25) is 4.98 Å². The van der Waals surface area contributed by atoms with Crippen molar-refractivity contribution in [1.82, 2.24) is 4.98 Å². The highest BCUT2D eigenvalue weighted by atomic mass is 35.5. The van der Waals surface area contributed by atoms with Crippen LogP contribution < -0.4 is 10.5 Å². The zero-order chi connectivity index (χ0) is 13.8. The van der Waals surface area contributed by atoms with Crippen LogP contribution in [-0.4, -0.2) is 16.0 Å². The summed E-state index contributed by atoms with van der Waals surface area (Å²) in [5, 5.41) is 12.2. The van der Waals surface area contributed by atoms with Gasteiger partial charge in [0.15, 0.2) is 5.84 Å². The van der Waals surface area contributed by atoms with E-state index in [1.807, 2.05) is 13.0 Å². The van der Waals surface area contributed by atoms with E-state index >= 15 is 0 Å². The summed E-state index contributed by atoms with van der Waals surface area (Å²) in [7, 11) is 0. The third kappa shape index (κ3) is 3.14. The molecule has 19 heavy (non-hydrogen) atoms. The van der Waals surface area contributed by atoms with Crippen molar-refractivity contribution >= 4 is 17.4 Å². The minimum absolute atomic E-state index is 0.0717. The molecule has 3 N–H and O–H groups in total. The van der Waals surface area contributed by atoms with Crippen LogP contribution in [0.4, 0.5) is 0 Å². The number of hydrogen-bond donors (Lipinski definition) is 2. The molecule has 0 amide bonds. The molecule has 0 radical (unpaired) electrons. The summed E-state index contributed by atoms with van der Waals surface area (Å²) in [5.74, 6) is 0.919. The van der Waals surface area contributed by atoms with E-state index in [0.29, 0.717) is 22.1 Å². The highest BCUT2D eigenvalue weighted by Crippen LogP contribution is 2.27. The summed E-state index contributed by atoms with van der Waals surface area (Å²) in [6, 6.07) is 8.48. The lowest BCUT2D eigenvalue weighted by Crippen LogP contribution is -2.14. The van der Waals surface area contributed by atoms with Crippen LogP contribution in [0.25, 0.3) is 0 Å². The summed E-state index contributed by atoms with van der Waals surface area (Å²) in [4.78, 5) is 4.13. The third-order valence-corrected chi connectivity index (χ3v) is 2.67. The van der Waals surface area contributed by atoms with Gasteiger partial charge in [-0.2, -0.15) is 0 Å². The molecule has 2 rings (SSSR count). The van der Waals surface area contributed by atoms with Crippen molar-refractivity contribution in [2.45, 2.75) is 6.92 Å². The van der Waals surface area contributed by atoms with E-state index < -0.39 is 0 Å². The molecule has 6 heteroatoms. The smallest absolute Gasteiger partial charge is 0.173 e. The second-order valence-corrected chi connectivity index (χ2v) is 4.30. The molecule has 0 aliphatic carbocycles. The van der Waals surface area contributed by atoms with Crippen LogP contribution in [-0.2, 0) is 0 Å². The van der Waals surface area contributed by atoms with Gasteiger partial charge in [0, 0.05) is 10.7 Å². The first kappa shape index (κ1) is 13.2. The number of aromatic nitrogens is 1. The van der Waals surface area contributed by atoms with E-state index in [2.05, 4.69) is 10.1 Å². The number of halogens is 1. The number of amidine groups is 1. The fraction of sp³-hybridized carbons (Fsp3) is 0.0769. The van der Waals surface area contributed by atoms with Crippen LogP contribution in [0.5, 0.6) is 11.5 Å². The maximum atomic E-state index is 8.76. The van der Waals surface area contributed by atoms with E-state index in [9.17, 15) is 0 Å². The van der Waals surface area contributed by atoms with Crippen molar-refractivity contribution in [2.24, 2.45) is 10.9 Å². The lowest BCUT2D eigenvalue weighted by atomic mass is 10.2. The number of oxime groups is 1. The van der Waals surface area contributed by atoms with E-state index in [-0.39, 0.29) is 5.84 Å². The van der Waals surface area contributed by atoms with Gasteiger partial charge in [-0.1, -0.05) is 16.8 Å². The number of pyridine rings is 1. The number of hydrogen-bond acceptors (Lipinski definition) is 4. The second-order valence-electron chi connectivity index (χ2n) is 3.86. The first-order valence-electron chi connectivity index (χ1n) is 5.48. The standard InChI is InChI=1S/C13H12ClN3O2/c1-8-2-4-10(7-16-8)19-12-5-3-9(14)6-11(12)13(15)17-18/h2-7,18H,1H3,(H2,15,17). The second kappa shape index (κ2) is 5.58. The van der Waals surface area contributed by atoms with Crippen molar-refractivity contribution in [2.75, 3.05) is 0 Å². The molecule has 0 saturated carbocycles. The van der Waals surface area contributed by atoms with Gasteiger partial charge in [-0.05, 0) is 37.3 Å². The van der Waals surface area contributed by atoms with Gasteiger partial charge in [-0.25, -0.2) is 0 Å². The Hall–Kier alpha value is -2.27. The molecule has 0 unspecified atom stereocenters. The van der Waals surface area contributed by atoms with Crippen LogP contribution in [0.15, 0.2) is 41.7 Å². The van der Waals surface area contributed by atoms with Crippen LogP contribution in [0, 0.1) is 6.92 Å². The van der Waals surface area contributed by atoms with Gasteiger partial charge in [0.2, 0.25) is 0 Å². The quantitative estimate of drug-likeness (QED) is 0.391. The van der Waals surface area contributed by atoms with Gasteiger partial charge in [-0.15, -0.1) is 0 Å². The maximum Gasteiger partial charge on any atom is 0.173 e. The first-order chi connectivity index (χ1) is 9.10. The summed E-state index contributed by atoms with van der Waals surface area (Å²) < 4.78 is 5.65. The molecular weight excluding hydrogens is 266 g/mol. The molecule has 0 atom stereocenters. The van der Waals surface area contributed by atoms with Gasteiger partial charge in [0.25, 0.3) is 0 Å². The Labute approximate surface area is 115 Å². The Morgan fingerprint density at radius 3 is 2.79 bits per heavy atom. The maximum absolute atomic E-state index is 8.76. The van der Waals surface area contributed by atoms with Crippen LogP contribution in [0.3, 0.4) is 0 Å². The molecule has 0 aliphatic rings. The number of benzene rings is 1. The average Bonchev–Trinajstić information content (AvgIpc) is 2.42. The summed E-state index contributed by atoms with van der Waals surface area (Å²) in [6.07, 6.45) is 1.60. The van der Waals surface area contributed by atoms with Gasteiger partial charge in [0.1, 0.15) is 11.5 Å². The lowest BCUT2D eigenvalue weighted by Gasteiger charge is -2.10. The largest absolute Gasteiger partial charge is 0.455 e. The summed E-state index contributed by atoms with van der Waals surface area (Å²) in [6.45, 7) is 1.88.